The first kappa shape index (κ1) is 15.3. The maximum absolute atomic E-state index is 6.09. The number of hydrogen-bond donors (Lipinski definition) is 2. The molecule has 3 aromatic rings. The fourth-order valence-electron chi connectivity index (χ4n) is 2.12. The number of nitrogens with two attached hydrogens (primary N) is 1. The molecule has 3 aromatic heterocycles. The number of hydrogen-bond acceptors (Lipinski definition) is 6. The third-order valence-electron chi connectivity index (χ3n) is 3.04. The summed E-state index contributed by atoms with van der Waals surface area (Å²) in [6, 6.07) is 1.69. The first-order valence-corrected chi connectivity index (χ1v) is 7.87. The van der Waals surface area contributed by atoms with Gasteiger partial charge in [-0.15, -0.1) is 0 Å². The van der Waals surface area contributed by atoms with Gasteiger partial charge in [-0.2, -0.15) is 0 Å². The number of nitrogens with one attached hydrogen (secondary N) is 1. The molecule has 22 heavy (non-hydrogen) atoms. The van der Waals surface area contributed by atoms with E-state index >= 15 is 0 Å². The van der Waals surface area contributed by atoms with Gasteiger partial charge in [-0.25, -0.2) is 9.97 Å². The first-order valence-electron chi connectivity index (χ1n) is 6.70. The van der Waals surface area contributed by atoms with Gasteiger partial charge in [0.15, 0.2) is 5.58 Å². The van der Waals surface area contributed by atoms with Gasteiger partial charge in [0, 0.05) is 18.5 Å². The van der Waals surface area contributed by atoms with Crippen molar-refractivity contribution in [2.75, 3.05) is 5.32 Å². The molecule has 6 nitrogen and oxygen atoms in total. The Morgan fingerprint density at radius 3 is 3.00 bits per heavy atom. The molecule has 8 heteroatoms. The van der Waals surface area contributed by atoms with Crippen LogP contribution >= 0.6 is 27.5 Å². The van der Waals surface area contributed by atoms with Crippen molar-refractivity contribution in [1.29, 1.82) is 0 Å². The minimum absolute atomic E-state index is 0.0175. The van der Waals surface area contributed by atoms with Crippen molar-refractivity contribution in [3.63, 3.8) is 0 Å². The largest absolute Gasteiger partial charge is 0.456 e. The van der Waals surface area contributed by atoms with Crippen LogP contribution in [0.4, 0.5) is 5.69 Å². The number of pyridine rings is 1. The molecule has 0 aliphatic rings. The van der Waals surface area contributed by atoms with Gasteiger partial charge in [0.2, 0.25) is 5.89 Å². The van der Waals surface area contributed by atoms with Crippen LogP contribution in [0.1, 0.15) is 18.6 Å². The Kier molecular flexibility index (Phi) is 4.37. The van der Waals surface area contributed by atoms with E-state index in [0.29, 0.717) is 35.1 Å². The van der Waals surface area contributed by atoms with E-state index in [2.05, 4.69) is 31.2 Å². The molecular formula is C14H14BrClN4O2. The number of nitrogens with zero attached hydrogens (tertiary/aromatic N) is 2. The van der Waals surface area contributed by atoms with E-state index in [1.165, 1.54) is 6.26 Å². The van der Waals surface area contributed by atoms with Gasteiger partial charge in [-0.1, -0.05) is 11.6 Å². The molecule has 0 aliphatic carbocycles. The summed E-state index contributed by atoms with van der Waals surface area (Å²) < 4.78 is 11.9. The Morgan fingerprint density at radius 2 is 2.32 bits per heavy atom. The van der Waals surface area contributed by atoms with Gasteiger partial charge in [-0.05, 0) is 22.9 Å². The number of anilines is 1. The second-order valence-corrected chi connectivity index (χ2v) is 6.15. The molecule has 3 rings (SSSR count). The predicted octanol–water partition coefficient (Wildman–Crippen LogP) is 3.73. The second kappa shape index (κ2) is 6.28. The van der Waals surface area contributed by atoms with E-state index in [0.717, 1.165) is 15.9 Å². The lowest BCUT2D eigenvalue weighted by Gasteiger charge is -2.05. The van der Waals surface area contributed by atoms with Crippen LogP contribution in [0.5, 0.6) is 0 Å². The molecule has 0 saturated carbocycles. The molecular weight excluding hydrogens is 372 g/mol. The Labute approximate surface area is 140 Å². The standard InChI is InChI=1S/C14H14BrClN4O2/c1-7(17)4-9-12(15)13-14(22-9)8(5-10(16)20-13)19-6-11-18-2-3-21-11/h2-3,5,7H,4,6,17H2,1H3,(H,19,20)/t7-/m0/s1. The smallest absolute Gasteiger partial charge is 0.213 e. The van der Waals surface area contributed by atoms with Gasteiger partial charge in [0.05, 0.1) is 22.9 Å². The lowest BCUT2D eigenvalue weighted by molar-refractivity contribution is 0.503. The van der Waals surface area contributed by atoms with Crippen molar-refractivity contribution in [3.8, 4) is 0 Å². The lowest BCUT2D eigenvalue weighted by atomic mass is 10.2. The summed E-state index contributed by atoms with van der Waals surface area (Å²) in [7, 11) is 0. The van der Waals surface area contributed by atoms with Crippen LogP contribution in [0.3, 0.4) is 0 Å². The molecule has 116 valence electrons. The molecule has 0 radical (unpaired) electrons. The van der Waals surface area contributed by atoms with Crippen molar-refractivity contribution in [2.45, 2.75) is 25.9 Å². The second-order valence-electron chi connectivity index (χ2n) is 4.97. The van der Waals surface area contributed by atoms with Crippen LogP contribution in [-0.2, 0) is 13.0 Å². The minimum Gasteiger partial charge on any atom is -0.456 e. The van der Waals surface area contributed by atoms with E-state index in [1.54, 1.807) is 12.3 Å². The molecule has 0 saturated heterocycles. The SMILES string of the molecule is C[C@H](N)Cc1oc2c(NCc3ncco3)cc(Cl)nc2c1Br. The lowest BCUT2D eigenvalue weighted by Crippen LogP contribution is -2.17. The van der Waals surface area contributed by atoms with Crippen LogP contribution in [0, 0.1) is 0 Å². The van der Waals surface area contributed by atoms with E-state index < -0.39 is 0 Å². The van der Waals surface area contributed by atoms with Crippen LogP contribution < -0.4 is 11.1 Å². The van der Waals surface area contributed by atoms with Crippen molar-refractivity contribution in [1.82, 2.24) is 9.97 Å². The summed E-state index contributed by atoms with van der Waals surface area (Å²) in [5.41, 5.74) is 7.86. The fraction of sp³-hybridized carbons (Fsp3) is 0.286. The Bertz CT molecular complexity index is 786. The maximum atomic E-state index is 6.09. The van der Waals surface area contributed by atoms with E-state index in [9.17, 15) is 0 Å². The van der Waals surface area contributed by atoms with Crippen molar-refractivity contribution >= 4 is 44.3 Å². The van der Waals surface area contributed by atoms with Gasteiger partial charge in [0.1, 0.15) is 22.7 Å². The number of fused-ring (bicyclic) bond motifs is 1. The highest BCUT2D eigenvalue weighted by atomic mass is 79.9. The summed E-state index contributed by atoms with van der Waals surface area (Å²) in [4.78, 5) is 8.38. The summed E-state index contributed by atoms with van der Waals surface area (Å²) in [5, 5.41) is 3.57. The predicted molar refractivity (Wildman–Crippen MR) is 87.9 cm³/mol. The number of furan rings is 1. The molecule has 3 N–H and O–H groups in total. The monoisotopic (exact) mass is 384 g/mol. The summed E-state index contributed by atoms with van der Waals surface area (Å²) in [6.45, 7) is 2.34. The topological polar surface area (TPSA) is 90.1 Å². The summed E-state index contributed by atoms with van der Waals surface area (Å²) in [5.74, 6) is 1.32. The molecule has 0 fully saturated rings. The first-order chi connectivity index (χ1) is 10.5. The number of oxazole rings is 1. The van der Waals surface area contributed by atoms with Crippen LogP contribution in [-0.4, -0.2) is 16.0 Å². The number of rotatable bonds is 5. The molecule has 0 amide bonds. The third kappa shape index (κ3) is 3.11. The molecule has 3 heterocycles. The zero-order valence-corrected chi connectivity index (χ0v) is 14.1. The molecule has 0 spiro atoms. The number of halogens is 2. The highest BCUT2D eigenvalue weighted by Gasteiger charge is 2.18. The van der Waals surface area contributed by atoms with Crippen molar-refractivity contribution in [3.05, 3.63) is 39.8 Å². The highest BCUT2D eigenvalue weighted by Crippen LogP contribution is 2.36. The highest BCUT2D eigenvalue weighted by molar-refractivity contribution is 9.10. The van der Waals surface area contributed by atoms with Gasteiger partial charge in [-0.3, -0.25) is 0 Å². The Balaban J connectivity index is 1.98. The molecule has 0 bridgehead atoms. The van der Waals surface area contributed by atoms with E-state index in [1.807, 2.05) is 6.92 Å². The summed E-state index contributed by atoms with van der Waals surface area (Å²) >= 11 is 9.60. The molecule has 0 unspecified atom stereocenters. The van der Waals surface area contributed by atoms with Crippen LogP contribution in [0.15, 0.2) is 31.8 Å². The van der Waals surface area contributed by atoms with E-state index in [-0.39, 0.29) is 6.04 Å². The third-order valence-corrected chi connectivity index (χ3v) is 4.05. The molecule has 1 atom stereocenters. The van der Waals surface area contributed by atoms with Gasteiger partial charge < -0.3 is 19.9 Å². The average molecular weight is 386 g/mol. The van der Waals surface area contributed by atoms with Gasteiger partial charge >= 0.3 is 0 Å². The average Bonchev–Trinajstić information content (AvgIpc) is 3.07. The normalized spacial score (nSPS) is 12.7. The molecule has 0 aromatic carbocycles. The Hall–Kier alpha value is -1.57. The maximum Gasteiger partial charge on any atom is 0.213 e. The quantitative estimate of drug-likeness (QED) is 0.650. The zero-order valence-electron chi connectivity index (χ0n) is 11.8. The summed E-state index contributed by atoms with van der Waals surface area (Å²) in [6.07, 6.45) is 3.72. The minimum atomic E-state index is -0.0175. The zero-order chi connectivity index (χ0) is 15.7. The van der Waals surface area contributed by atoms with Crippen LogP contribution in [0.2, 0.25) is 5.15 Å². The Morgan fingerprint density at radius 1 is 1.50 bits per heavy atom. The van der Waals surface area contributed by atoms with Crippen molar-refractivity contribution in [2.24, 2.45) is 5.73 Å². The fourth-order valence-corrected chi connectivity index (χ4v) is 2.83. The molecule has 0 aliphatic heterocycles. The number of aromatic nitrogens is 2. The van der Waals surface area contributed by atoms with Crippen LogP contribution in [0.25, 0.3) is 11.1 Å². The van der Waals surface area contributed by atoms with Crippen molar-refractivity contribution < 1.29 is 8.83 Å². The van der Waals surface area contributed by atoms with Gasteiger partial charge in [0.25, 0.3) is 0 Å². The van der Waals surface area contributed by atoms with E-state index in [4.69, 9.17) is 26.2 Å².